The van der Waals surface area contributed by atoms with Gasteiger partial charge in [0.15, 0.2) is 0 Å². The van der Waals surface area contributed by atoms with Crippen molar-refractivity contribution in [2.75, 3.05) is 20.2 Å². The minimum Gasteiger partial charge on any atom is -0.496 e. The first-order chi connectivity index (χ1) is 9.02. The fraction of sp³-hybridized carbons (Fsp3) is 0.538. The van der Waals surface area contributed by atoms with Crippen LogP contribution in [0.25, 0.3) is 0 Å². The Morgan fingerprint density at radius 3 is 2.79 bits per heavy atom. The summed E-state index contributed by atoms with van der Waals surface area (Å²) in [6, 6.07) is 1.69. The van der Waals surface area contributed by atoms with Gasteiger partial charge in [-0.25, -0.2) is 0 Å². The van der Waals surface area contributed by atoms with Crippen LogP contribution in [0.5, 0.6) is 5.75 Å². The van der Waals surface area contributed by atoms with Crippen molar-refractivity contribution in [2.45, 2.75) is 19.8 Å². The number of carboxylic acid groups (broad SMARTS) is 1. The molecule has 1 fully saturated rings. The summed E-state index contributed by atoms with van der Waals surface area (Å²) in [5.74, 6) is -0.258. The van der Waals surface area contributed by atoms with Crippen molar-refractivity contribution in [1.82, 2.24) is 4.90 Å². The van der Waals surface area contributed by atoms with Gasteiger partial charge in [-0.1, -0.05) is 6.92 Å². The molecule has 1 aliphatic rings. The van der Waals surface area contributed by atoms with E-state index in [9.17, 15) is 14.7 Å². The zero-order chi connectivity index (χ0) is 14.0. The highest BCUT2D eigenvalue weighted by molar-refractivity contribution is 7.12. The van der Waals surface area contributed by atoms with Crippen LogP contribution >= 0.6 is 11.3 Å². The monoisotopic (exact) mass is 283 g/mol. The van der Waals surface area contributed by atoms with Crippen molar-refractivity contribution in [3.05, 3.63) is 16.3 Å². The third-order valence-corrected chi connectivity index (χ3v) is 4.69. The third kappa shape index (κ3) is 2.45. The first-order valence-electron chi connectivity index (χ1n) is 6.17. The Morgan fingerprint density at radius 2 is 2.32 bits per heavy atom. The molecule has 1 atom stereocenters. The summed E-state index contributed by atoms with van der Waals surface area (Å²) in [6.45, 7) is 2.65. The van der Waals surface area contributed by atoms with Crippen molar-refractivity contribution in [1.29, 1.82) is 0 Å². The number of carbonyl (C=O) groups excluding carboxylic acids is 1. The maximum Gasteiger partial charge on any atom is 0.311 e. The average molecular weight is 283 g/mol. The van der Waals surface area contributed by atoms with Gasteiger partial charge in [0.2, 0.25) is 0 Å². The quantitative estimate of drug-likeness (QED) is 0.918. The van der Waals surface area contributed by atoms with Gasteiger partial charge in [0, 0.05) is 24.5 Å². The summed E-state index contributed by atoms with van der Waals surface area (Å²) in [7, 11) is 1.55. The molecule has 1 saturated heterocycles. The first-order valence-corrected chi connectivity index (χ1v) is 7.05. The molecule has 2 rings (SSSR count). The lowest BCUT2D eigenvalue weighted by molar-refractivity contribution is -0.148. The number of methoxy groups -OCH3 is 1. The molecule has 19 heavy (non-hydrogen) atoms. The molecule has 0 spiro atoms. The molecule has 5 nitrogen and oxygen atoms in total. The zero-order valence-electron chi connectivity index (χ0n) is 11.0. The van der Waals surface area contributed by atoms with Crippen LogP contribution < -0.4 is 4.74 Å². The van der Waals surface area contributed by atoms with Gasteiger partial charge in [-0.15, -0.1) is 11.3 Å². The van der Waals surface area contributed by atoms with Crippen LogP contribution in [0.1, 0.15) is 29.4 Å². The lowest BCUT2D eigenvalue weighted by Gasteiger charge is -2.22. The maximum absolute atomic E-state index is 12.3. The fourth-order valence-corrected chi connectivity index (χ4v) is 3.18. The summed E-state index contributed by atoms with van der Waals surface area (Å²) in [5, 5.41) is 11.1. The molecule has 1 unspecified atom stereocenters. The maximum atomic E-state index is 12.3. The summed E-state index contributed by atoms with van der Waals surface area (Å²) in [4.78, 5) is 25.9. The highest BCUT2D eigenvalue weighted by Gasteiger charge is 2.45. The van der Waals surface area contributed by atoms with Crippen LogP contribution in [-0.2, 0) is 4.79 Å². The van der Waals surface area contributed by atoms with Gasteiger partial charge in [0.25, 0.3) is 5.91 Å². The van der Waals surface area contributed by atoms with E-state index < -0.39 is 11.4 Å². The Bertz CT molecular complexity index is 499. The highest BCUT2D eigenvalue weighted by atomic mass is 32.1. The van der Waals surface area contributed by atoms with E-state index in [1.807, 2.05) is 6.92 Å². The number of nitrogens with zero attached hydrogens (tertiary/aromatic N) is 1. The van der Waals surface area contributed by atoms with Gasteiger partial charge in [-0.3, -0.25) is 9.59 Å². The predicted molar refractivity (Wildman–Crippen MR) is 71.8 cm³/mol. The van der Waals surface area contributed by atoms with Crippen LogP contribution in [0.3, 0.4) is 0 Å². The molecule has 0 radical (unpaired) electrons. The standard InChI is InChI=1S/C13H17NO4S/c1-3-13(12(16)17)4-5-14(8-13)11(15)10-6-9(18-2)7-19-10/h6-7H,3-5,8H2,1-2H3,(H,16,17). The molecule has 1 aliphatic heterocycles. The number of carboxylic acids is 1. The summed E-state index contributed by atoms with van der Waals surface area (Å²) in [5.41, 5.74) is -0.781. The molecule has 104 valence electrons. The number of rotatable bonds is 4. The van der Waals surface area contributed by atoms with Crippen LogP contribution in [0, 0.1) is 5.41 Å². The second kappa shape index (κ2) is 5.21. The Labute approximate surface area is 115 Å². The van der Waals surface area contributed by atoms with E-state index in [1.165, 1.54) is 11.3 Å². The number of amides is 1. The van der Waals surface area contributed by atoms with Crippen molar-refractivity contribution in [3.8, 4) is 5.75 Å². The Balaban J connectivity index is 2.12. The number of hydrogen-bond acceptors (Lipinski definition) is 4. The first kappa shape index (κ1) is 13.9. The molecule has 0 bridgehead atoms. The Kier molecular flexibility index (Phi) is 3.80. The predicted octanol–water partition coefficient (Wildman–Crippen LogP) is 2.08. The van der Waals surface area contributed by atoms with Gasteiger partial charge >= 0.3 is 5.97 Å². The van der Waals surface area contributed by atoms with Gasteiger partial charge in [0.05, 0.1) is 17.4 Å². The average Bonchev–Trinajstić information content (AvgIpc) is 3.05. The summed E-state index contributed by atoms with van der Waals surface area (Å²) >= 11 is 1.32. The van der Waals surface area contributed by atoms with Crippen LogP contribution in [0.4, 0.5) is 0 Å². The molecule has 2 heterocycles. The van der Waals surface area contributed by atoms with Crippen molar-refractivity contribution in [3.63, 3.8) is 0 Å². The highest BCUT2D eigenvalue weighted by Crippen LogP contribution is 2.35. The molecule has 1 aromatic rings. The number of likely N-dealkylation sites (tertiary alicyclic amines) is 1. The molecular formula is C13H17NO4S. The molecule has 6 heteroatoms. The zero-order valence-corrected chi connectivity index (χ0v) is 11.8. The van der Waals surface area contributed by atoms with E-state index in [-0.39, 0.29) is 12.5 Å². The van der Waals surface area contributed by atoms with E-state index >= 15 is 0 Å². The van der Waals surface area contributed by atoms with E-state index in [0.717, 1.165) is 0 Å². The van der Waals surface area contributed by atoms with Gasteiger partial charge in [-0.05, 0) is 12.8 Å². The Hall–Kier alpha value is -1.56. The van der Waals surface area contributed by atoms with Gasteiger partial charge in [0.1, 0.15) is 5.75 Å². The topological polar surface area (TPSA) is 66.8 Å². The smallest absolute Gasteiger partial charge is 0.311 e. The van der Waals surface area contributed by atoms with Crippen LogP contribution in [-0.4, -0.2) is 42.1 Å². The molecular weight excluding hydrogens is 266 g/mol. The molecule has 0 aromatic carbocycles. The van der Waals surface area contributed by atoms with Gasteiger partial charge < -0.3 is 14.7 Å². The third-order valence-electron chi connectivity index (χ3n) is 3.79. The number of ether oxygens (including phenoxy) is 1. The van der Waals surface area contributed by atoms with Crippen molar-refractivity contribution < 1.29 is 19.4 Å². The molecule has 0 aliphatic carbocycles. The molecule has 0 saturated carbocycles. The largest absolute Gasteiger partial charge is 0.496 e. The van der Waals surface area contributed by atoms with Crippen molar-refractivity contribution >= 4 is 23.2 Å². The SMILES string of the molecule is CCC1(C(=O)O)CCN(C(=O)c2cc(OC)cs2)C1. The number of aliphatic carboxylic acids is 1. The van der Waals surface area contributed by atoms with Crippen LogP contribution in [0.15, 0.2) is 11.4 Å². The second-order valence-electron chi connectivity index (χ2n) is 4.77. The lowest BCUT2D eigenvalue weighted by atomic mass is 9.84. The van der Waals surface area contributed by atoms with E-state index in [4.69, 9.17) is 4.74 Å². The van der Waals surface area contributed by atoms with Crippen molar-refractivity contribution in [2.24, 2.45) is 5.41 Å². The van der Waals surface area contributed by atoms with Gasteiger partial charge in [-0.2, -0.15) is 0 Å². The molecule has 1 amide bonds. The van der Waals surface area contributed by atoms with Crippen LogP contribution in [0.2, 0.25) is 0 Å². The minimum atomic E-state index is -0.811. The lowest BCUT2D eigenvalue weighted by Crippen LogP contribution is -2.36. The fourth-order valence-electron chi connectivity index (χ4n) is 2.35. The van der Waals surface area contributed by atoms with E-state index in [2.05, 4.69) is 0 Å². The number of hydrogen-bond donors (Lipinski definition) is 1. The van der Waals surface area contributed by atoms with E-state index in [0.29, 0.717) is 30.0 Å². The number of carbonyl (C=O) groups is 2. The Morgan fingerprint density at radius 1 is 1.58 bits per heavy atom. The van der Waals surface area contributed by atoms with E-state index in [1.54, 1.807) is 23.5 Å². The molecule has 1 N–H and O–H groups in total. The number of thiophene rings is 1. The molecule has 1 aromatic heterocycles. The normalized spacial score (nSPS) is 22.5. The summed E-state index contributed by atoms with van der Waals surface area (Å²) < 4.78 is 5.05. The minimum absolute atomic E-state index is 0.107. The second-order valence-corrected chi connectivity index (χ2v) is 5.68. The summed E-state index contributed by atoms with van der Waals surface area (Å²) in [6.07, 6.45) is 1.06.